The number of halogens is 3. The first-order chi connectivity index (χ1) is 17.8. The Morgan fingerprint density at radius 3 is 2.22 bits per heavy atom. The zero-order valence-electron chi connectivity index (χ0n) is 20.4. The van der Waals surface area contributed by atoms with Crippen molar-refractivity contribution in [3.8, 4) is 5.75 Å². The molecule has 2 amide bonds. The number of aromatic amines is 1. The lowest BCUT2D eigenvalue weighted by atomic mass is 10.1. The van der Waals surface area contributed by atoms with Crippen LogP contribution in [0.3, 0.4) is 0 Å². The standard InChI is InChI=1S/C27H29F3N4O3/c28-27(29,30)21-7-4-19(5-8-21)18-32-12-14-33(15-13-32)25(35)24-16-20-6-9-22(17-23(20)31-24)37-26(36)34-10-2-1-3-11-34/h4-9,16-17,31H,1-3,10-15,18H2. The van der Waals surface area contributed by atoms with Gasteiger partial charge in [-0.25, -0.2) is 4.79 Å². The molecule has 0 saturated carbocycles. The van der Waals surface area contributed by atoms with Gasteiger partial charge in [0.2, 0.25) is 0 Å². The molecule has 2 aliphatic rings. The Balaban J connectivity index is 1.16. The van der Waals surface area contributed by atoms with Crippen LogP contribution in [0.1, 0.15) is 40.9 Å². The van der Waals surface area contributed by atoms with Crippen LogP contribution in [0.15, 0.2) is 48.5 Å². The van der Waals surface area contributed by atoms with Crippen LogP contribution in [0.5, 0.6) is 5.75 Å². The number of benzene rings is 2. The summed E-state index contributed by atoms with van der Waals surface area (Å²) in [5, 5.41) is 0.849. The van der Waals surface area contributed by atoms with Gasteiger partial charge in [0, 0.05) is 62.8 Å². The number of rotatable bonds is 4. The molecule has 2 aliphatic heterocycles. The summed E-state index contributed by atoms with van der Waals surface area (Å²) < 4.78 is 43.9. The Morgan fingerprint density at radius 1 is 0.838 bits per heavy atom. The van der Waals surface area contributed by atoms with E-state index >= 15 is 0 Å². The second kappa shape index (κ2) is 10.5. The Kier molecular flexibility index (Phi) is 7.10. The van der Waals surface area contributed by atoms with Crippen LogP contribution in [0.2, 0.25) is 0 Å². The predicted octanol–water partition coefficient (Wildman–Crippen LogP) is 5.13. The number of hydrogen-bond acceptors (Lipinski definition) is 4. The SMILES string of the molecule is O=C(Oc1ccc2cc(C(=O)N3CCN(Cc4ccc(C(F)(F)F)cc4)CC3)[nH]c2c1)N1CCCCC1. The van der Waals surface area contributed by atoms with Gasteiger partial charge in [0.1, 0.15) is 11.4 Å². The molecule has 5 rings (SSSR count). The van der Waals surface area contributed by atoms with E-state index in [-0.39, 0.29) is 12.0 Å². The van der Waals surface area contributed by atoms with Gasteiger partial charge in [0.05, 0.1) is 5.56 Å². The van der Waals surface area contributed by atoms with Crippen molar-refractivity contribution in [1.29, 1.82) is 0 Å². The lowest BCUT2D eigenvalue weighted by Crippen LogP contribution is -2.48. The van der Waals surface area contributed by atoms with E-state index in [9.17, 15) is 22.8 Å². The minimum absolute atomic E-state index is 0.114. The monoisotopic (exact) mass is 514 g/mol. The molecule has 0 unspecified atom stereocenters. The minimum Gasteiger partial charge on any atom is -0.410 e. The first-order valence-corrected chi connectivity index (χ1v) is 12.5. The number of fused-ring (bicyclic) bond motifs is 1. The van der Waals surface area contributed by atoms with Gasteiger partial charge in [-0.3, -0.25) is 9.69 Å². The van der Waals surface area contributed by atoms with Crippen molar-refractivity contribution in [3.05, 3.63) is 65.4 Å². The van der Waals surface area contributed by atoms with Gasteiger partial charge in [-0.1, -0.05) is 12.1 Å². The van der Waals surface area contributed by atoms with E-state index in [1.807, 2.05) is 6.07 Å². The molecule has 2 saturated heterocycles. The summed E-state index contributed by atoms with van der Waals surface area (Å²) >= 11 is 0. The summed E-state index contributed by atoms with van der Waals surface area (Å²) in [4.78, 5) is 34.3. The number of alkyl halides is 3. The molecular weight excluding hydrogens is 485 g/mol. The number of ether oxygens (including phenoxy) is 1. The molecule has 0 atom stereocenters. The van der Waals surface area contributed by atoms with E-state index < -0.39 is 11.7 Å². The molecule has 7 nitrogen and oxygen atoms in total. The van der Waals surface area contributed by atoms with Crippen molar-refractivity contribution >= 4 is 22.9 Å². The summed E-state index contributed by atoms with van der Waals surface area (Å²) in [5.74, 6) is 0.318. The summed E-state index contributed by atoms with van der Waals surface area (Å²) in [7, 11) is 0. The summed E-state index contributed by atoms with van der Waals surface area (Å²) in [6.45, 7) is 4.25. The average molecular weight is 515 g/mol. The molecule has 1 aromatic heterocycles. The summed E-state index contributed by atoms with van der Waals surface area (Å²) in [5.41, 5.74) is 1.33. The molecule has 2 fully saturated rings. The molecule has 2 aromatic carbocycles. The maximum absolute atomic E-state index is 13.1. The fourth-order valence-corrected chi connectivity index (χ4v) is 4.86. The van der Waals surface area contributed by atoms with E-state index in [0.29, 0.717) is 62.8 Å². The van der Waals surface area contributed by atoms with Gasteiger partial charge in [0.25, 0.3) is 5.91 Å². The molecule has 1 N–H and O–H groups in total. The maximum atomic E-state index is 13.1. The molecule has 0 aliphatic carbocycles. The molecule has 0 bridgehead atoms. The highest BCUT2D eigenvalue weighted by molar-refractivity contribution is 5.98. The Hall–Kier alpha value is -3.53. The number of carbonyl (C=O) groups is 2. The average Bonchev–Trinajstić information content (AvgIpc) is 3.32. The molecule has 3 aromatic rings. The number of nitrogens with one attached hydrogen (secondary N) is 1. The summed E-state index contributed by atoms with van der Waals surface area (Å²) in [6.07, 6.45) is -1.59. The van der Waals surface area contributed by atoms with Gasteiger partial charge in [-0.2, -0.15) is 13.2 Å². The Bertz CT molecular complexity index is 1260. The molecule has 3 heterocycles. The number of piperazine rings is 1. The number of aromatic nitrogens is 1. The lowest BCUT2D eigenvalue weighted by molar-refractivity contribution is -0.137. The molecule has 10 heteroatoms. The molecule has 0 spiro atoms. The van der Waals surface area contributed by atoms with Crippen LogP contribution in [-0.2, 0) is 12.7 Å². The number of carbonyl (C=O) groups excluding carboxylic acids is 2. The number of hydrogen-bond donors (Lipinski definition) is 1. The van der Waals surface area contributed by atoms with E-state index in [0.717, 1.165) is 42.3 Å². The maximum Gasteiger partial charge on any atom is 0.416 e. The number of amides is 2. The fourth-order valence-electron chi connectivity index (χ4n) is 4.86. The zero-order chi connectivity index (χ0) is 26.0. The predicted molar refractivity (Wildman–Crippen MR) is 132 cm³/mol. The molecule has 196 valence electrons. The first-order valence-electron chi connectivity index (χ1n) is 12.5. The number of piperidine rings is 1. The van der Waals surface area contributed by atoms with Crippen LogP contribution in [-0.4, -0.2) is 71.0 Å². The van der Waals surface area contributed by atoms with E-state index in [4.69, 9.17) is 4.74 Å². The largest absolute Gasteiger partial charge is 0.416 e. The first kappa shape index (κ1) is 25.1. The molecule has 0 radical (unpaired) electrons. The normalized spacial score (nSPS) is 17.3. The third kappa shape index (κ3) is 5.90. The van der Waals surface area contributed by atoms with Gasteiger partial charge in [0.15, 0.2) is 0 Å². The number of nitrogens with zero attached hydrogens (tertiary/aromatic N) is 3. The van der Waals surface area contributed by atoms with Crippen LogP contribution < -0.4 is 4.74 Å². The van der Waals surface area contributed by atoms with Gasteiger partial charge >= 0.3 is 12.3 Å². The minimum atomic E-state index is -4.34. The number of H-pyrrole nitrogens is 1. The van der Waals surface area contributed by atoms with Crippen molar-refractivity contribution in [1.82, 2.24) is 19.7 Å². The van der Waals surface area contributed by atoms with E-state index in [2.05, 4.69) is 9.88 Å². The van der Waals surface area contributed by atoms with Crippen molar-refractivity contribution in [2.75, 3.05) is 39.3 Å². The highest BCUT2D eigenvalue weighted by Crippen LogP contribution is 2.29. The number of likely N-dealkylation sites (tertiary alicyclic amines) is 1. The second-order valence-electron chi connectivity index (χ2n) is 9.61. The topological polar surface area (TPSA) is 68.9 Å². The Morgan fingerprint density at radius 2 is 1.54 bits per heavy atom. The van der Waals surface area contributed by atoms with Crippen LogP contribution in [0.4, 0.5) is 18.0 Å². The highest BCUT2D eigenvalue weighted by atomic mass is 19.4. The van der Waals surface area contributed by atoms with Crippen LogP contribution >= 0.6 is 0 Å². The highest BCUT2D eigenvalue weighted by Gasteiger charge is 2.30. The van der Waals surface area contributed by atoms with Crippen molar-refractivity contribution in [2.45, 2.75) is 32.0 Å². The van der Waals surface area contributed by atoms with E-state index in [1.165, 1.54) is 12.1 Å². The van der Waals surface area contributed by atoms with E-state index in [1.54, 1.807) is 28.0 Å². The van der Waals surface area contributed by atoms with Gasteiger partial charge < -0.3 is 19.5 Å². The van der Waals surface area contributed by atoms with Gasteiger partial charge in [-0.05, 0) is 55.2 Å². The van der Waals surface area contributed by atoms with Crippen molar-refractivity contribution in [2.24, 2.45) is 0 Å². The van der Waals surface area contributed by atoms with Crippen LogP contribution in [0.25, 0.3) is 10.9 Å². The quantitative estimate of drug-likeness (QED) is 0.524. The summed E-state index contributed by atoms with van der Waals surface area (Å²) in [6, 6.07) is 12.3. The van der Waals surface area contributed by atoms with Crippen molar-refractivity contribution < 1.29 is 27.5 Å². The smallest absolute Gasteiger partial charge is 0.410 e. The zero-order valence-corrected chi connectivity index (χ0v) is 20.4. The van der Waals surface area contributed by atoms with Crippen LogP contribution in [0, 0.1) is 0 Å². The van der Waals surface area contributed by atoms with Crippen molar-refractivity contribution in [3.63, 3.8) is 0 Å². The third-order valence-corrected chi connectivity index (χ3v) is 6.99. The second-order valence-corrected chi connectivity index (χ2v) is 9.61. The fraction of sp³-hybridized carbons (Fsp3) is 0.407. The molecular formula is C27H29F3N4O3. The van der Waals surface area contributed by atoms with Gasteiger partial charge in [-0.15, -0.1) is 0 Å². The lowest BCUT2D eigenvalue weighted by Gasteiger charge is -2.34. The third-order valence-electron chi connectivity index (χ3n) is 6.99. The Labute approximate surface area is 212 Å². The molecule has 37 heavy (non-hydrogen) atoms.